The second kappa shape index (κ2) is 7.54. The largest absolute Gasteiger partial charge is 0.368 e. The van der Waals surface area contributed by atoms with E-state index in [1.807, 2.05) is 18.2 Å². The van der Waals surface area contributed by atoms with Gasteiger partial charge >= 0.3 is 0 Å². The molecule has 3 nitrogen and oxygen atoms in total. The van der Waals surface area contributed by atoms with Crippen LogP contribution in [0.1, 0.15) is 24.3 Å². The summed E-state index contributed by atoms with van der Waals surface area (Å²) in [6.45, 7) is 0.868. The normalized spacial score (nSPS) is 23.1. The Hall–Kier alpha value is -0.770. The lowest BCUT2D eigenvalue weighted by atomic mass is 9.86. The van der Waals surface area contributed by atoms with Crippen LogP contribution in [0, 0.1) is 0 Å². The molecule has 17 heavy (non-hydrogen) atoms. The number of amides is 1. The predicted octanol–water partition coefficient (Wildman–Crippen LogP) is 1.85. The van der Waals surface area contributed by atoms with Crippen molar-refractivity contribution in [2.24, 2.45) is 5.73 Å². The van der Waals surface area contributed by atoms with Gasteiger partial charge in [-0.2, -0.15) is 0 Å². The molecule has 5 heteroatoms. The molecule has 1 aromatic carbocycles. The average molecular weight is 277 g/mol. The van der Waals surface area contributed by atoms with Crippen LogP contribution >= 0.6 is 24.8 Å². The maximum atomic E-state index is 11.1. The minimum Gasteiger partial charge on any atom is -0.368 e. The van der Waals surface area contributed by atoms with Gasteiger partial charge in [-0.25, -0.2) is 0 Å². The van der Waals surface area contributed by atoms with E-state index in [0.29, 0.717) is 5.92 Å². The Kier molecular flexibility index (Phi) is 7.19. The van der Waals surface area contributed by atoms with Gasteiger partial charge in [0.1, 0.15) is 0 Å². The summed E-state index contributed by atoms with van der Waals surface area (Å²) in [5.74, 6) is 0.223. The molecule has 1 fully saturated rings. The van der Waals surface area contributed by atoms with Crippen LogP contribution in [0.15, 0.2) is 30.3 Å². The molecule has 2 rings (SSSR count). The number of rotatable bonds is 2. The zero-order chi connectivity index (χ0) is 10.7. The van der Waals surface area contributed by atoms with Crippen LogP contribution in [-0.4, -0.2) is 18.5 Å². The van der Waals surface area contributed by atoms with Gasteiger partial charge in [-0.1, -0.05) is 30.3 Å². The SMILES string of the molecule is Cl.Cl.NC(=O)C1CC(c2ccccc2)CCN1. The standard InChI is InChI=1S/C12H16N2O.2ClH/c13-12(15)11-8-10(6-7-14-11)9-4-2-1-3-5-9;;/h1-5,10-11,14H,6-8H2,(H2,13,15);2*1H. The number of primary amides is 1. The molecule has 2 atom stereocenters. The molecule has 2 unspecified atom stereocenters. The van der Waals surface area contributed by atoms with E-state index in [4.69, 9.17) is 5.73 Å². The number of nitrogens with two attached hydrogens (primary N) is 1. The molecule has 0 bridgehead atoms. The van der Waals surface area contributed by atoms with Gasteiger partial charge in [0.15, 0.2) is 0 Å². The van der Waals surface area contributed by atoms with Crippen molar-refractivity contribution < 1.29 is 4.79 Å². The summed E-state index contributed by atoms with van der Waals surface area (Å²) >= 11 is 0. The van der Waals surface area contributed by atoms with Crippen molar-refractivity contribution in [3.05, 3.63) is 35.9 Å². The summed E-state index contributed by atoms with van der Waals surface area (Å²) in [7, 11) is 0. The van der Waals surface area contributed by atoms with E-state index in [2.05, 4.69) is 17.4 Å². The number of carbonyl (C=O) groups excluding carboxylic acids is 1. The molecule has 1 aliphatic rings. The smallest absolute Gasteiger partial charge is 0.234 e. The predicted molar refractivity (Wildman–Crippen MR) is 73.9 cm³/mol. The third kappa shape index (κ3) is 4.19. The molecule has 3 N–H and O–H groups in total. The third-order valence-electron chi connectivity index (χ3n) is 3.02. The van der Waals surface area contributed by atoms with Crippen molar-refractivity contribution in [1.82, 2.24) is 5.32 Å². The van der Waals surface area contributed by atoms with Crippen LogP contribution in [0.5, 0.6) is 0 Å². The topological polar surface area (TPSA) is 55.1 Å². The van der Waals surface area contributed by atoms with Crippen LogP contribution in [0.25, 0.3) is 0 Å². The van der Waals surface area contributed by atoms with Crippen molar-refractivity contribution in [2.75, 3.05) is 6.54 Å². The highest BCUT2D eigenvalue weighted by atomic mass is 35.5. The average Bonchev–Trinajstić information content (AvgIpc) is 2.30. The molecule has 1 aromatic rings. The maximum absolute atomic E-state index is 11.1. The second-order valence-corrected chi connectivity index (χ2v) is 4.04. The Morgan fingerprint density at radius 1 is 1.24 bits per heavy atom. The van der Waals surface area contributed by atoms with E-state index in [9.17, 15) is 4.79 Å². The fourth-order valence-electron chi connectivity index (χ4n) is 2.16. The zero-order valence-corrected chi connectivity index (χ0v) is 11.1. The lowest BCUT2D eigenvalue weighted by molar-refractivity contribution is -0.120. The molecule has 0 aliphatic carbocycles. The number of hydrogen-bond acceptors (Lipinski definition) is 2. The molecular formula is C12H18Cl2N2O. The van der Waals surface area contributed by atoms with Gasteiger partial charge in [-0.3, -0.25) is 4.79 Å². The molecule has 0 radical (unpaired) electrons. The molecule has 96 valence electrons. The van der Waals surface area contributed by atoms with Crippen molar-refractivity contribution >= 4 is 30.7 Å². The summed E-state index contributed by atoms with van der Waals surface area (Å²) in [4.78, 5) is 11.1. The Morgan fingerprint density at radius 2 is 1.88 bits per heavy atom. The summed E-state index contributed by atoms with van der Waals surface area (Å²) in [6, 6.07) is 10.2. The summed E-state index contributed by atoms with van der Waals surface area (Å²) < 4.78 is 0. The van der Waals surface area contributed by atoms with E-state index in [0.717, 1.165) is 19.4 Å². The van der Waals surface area contributed by atoms with Crippen LogP contribution in [0.3, 0.4) is 0 Å². The lowest BCUT2D eigenvalue weighted by Gasteiger charge is -2.28. The molecule has 1 amide bonds. The quantitative estimate of drug-likeness (QED) is 0.866. The first-order chi connectivity index (χ1) is 7.27. The minimum atomic E-state index is -0.240. The zero-order valence-electron chi connectivity index (χ0n) is 9.46. The van der Waals surface area contributed by atoms with Crippen molar-refractivity contribution in [1.29, 1.82) is 0 Å². The highest BCUT2D eigenvalue weighted by molar-refractivity contribution is 5.85. The van der Waals surface area contributed by atoms with E-state index in [-0.39, 0.29) is 36.8 Å². The number of benzene rings is 1. The van der Waals surface area contributed by atoms with E-state index >= 15 is 0 Å². The minimum absolute atomic E-state index is 0. The number of halogens is 2. The monoisotopic (exact) mass is 276 g/mol. The molecular weight excluding hydrogens is 259 g/mol. The number of hydrogen-bond donors (Lipinski definition) is 2. The molecule has 0 saturated carbocycles. The lowest BCUT2D eigenvalue weighted by Crippen LogP contribution is -2.46. The third-order valence-corrected chi connectivity index (χ3v) is 3.02. The van der Waals surface area contributed by atoms with E-state index < -0.39 is 0 Å². The van der Waals surface area contributed by atoms with Gasteiger partial charge < -0.3 is 11.1 Å². The summed E-state index contributed by atoms with van der Waals surface area (Å²) in [5.41, 5.74) is 6.62. The van der Waals surface area contributed by atoms with Crippen molar-refractivity contribution in [3.63, 3.8) is 0 Å². The van der Waals surface area contributed by atoms with Crippen LogP contribution in [-0.2, 0) is 4.79 Å². The van der Waals surface area contributed by atoms with E-state index in [1.54, 1.807) is 0 Å². The van der Waals surface area contributed by atoms with Crippen molar-refractivity contribution in [2.45, 2.75) is 24.8 Å². The van der Waals surface area contributed by atoms with E-state index in [1.165, 1.54) is 5.56 Å². The van der Waals surface area contributed by atoms with Crippen LogP contribution in [0.2, 0.25) is 0 Å². The van der Waals surface area contributed by atoms with Gasteiger partial charge in [0.25, 0.3) is 0 Å². The van der Waals surface area contributed by atoms with Gasteiger partial charge in [0.05, 0.1) is 6.04 Å². The molecule has 1 aliphatic heterocycles. The fraction of sp³-hybridized carbons (Fsp3) is 0.417. The number of nitrogens with one attached hydrogen (secondary N) is 1. The van der Waals surface area contributed by atoms with Crippen LogP contribution in [0.4, 0.5) is 0 Å². The highest BCUT2D eigenvalue weighted by Crippen LogP contribution is 2.27. The fourth-order valence-corrected chi connectivity index (χ4v) is 2.16. The first-order valence-corrected chi connectivity index (χ1v) is 5.35. The molecule has 1 saturated heterocycles. The maximum Gasteiger partial charge on any atom is 0.234 e. The Morgan fingerprint density at radius 3 is 2.47 bits per heavy atom. The summed E-state index contributed by atoms with van der Waals surface area (Å²) in [5, 5.41) is 3.14. The van der Waals surface area contributed by atoms with Crippen LogP contribution < -0.4 is 11.1 Å². The first kappa shape index (κ1) is 16.2. The van der Waals surface area contributed by atoms with Gasteiger partial charge in [0, 0.05) is 0 Å². The van der Waals surface area contributed by atoms with Crippen molar-refractivity contribution in [3.8, 4) is 0 Å². The molecule has 1 heterocycles. The molecule has 0 spiro atoms. The van der Waals surface area contributed by atoms with Gasteiger partial charge in [-0.05, 0) is 30.9 Å². The molecule has 0 aromatic heterocycles. The Labute approximate surface area is 114 Å². The first-order valence-electron chi connectivity index (χ1n) is 5.35. The van der Waals surface area contributed by atoms with Gasteiger partial charge in [0.2, 0.25) is 5.91 Å². The van der Waals surface area contributed by atoms with Gasteiger partial charge in [-0.15, -0.1) is 24.8 Å². The highest BCUT2D eigenvalue weighted by Gasteiger charge is 2.25. The Bertz CT molecular complexity index is 346. The Balaban J connectivity index is 0.00000128. The second-order valence-electron chi connectivity index (χ2n) is 4.04. The number of piperidine rings is 1. The number of carbonyl (C=O) groups is 1. The summed E-state index contributed by atoms with van der Waals surface area (Å²) in [6.07, 6.45) is 1.90.